The molecule has 0 radical (unpaired) electrons. The summed E-state index contributed by atoms with van der Waals surface area (Å²) in [5, 5.41) is 12.0. The molecule has 2 N–H and O–H groups in total. The SMILES string of the molecule is CCC(C)NC(CC(C)C)C(=O)O. The zero-order chi connectivity index (χ0) is 10.4. The summed E-state index contributed by atoms with van der Waals surface area (Å²) in [5.41, 5.74) is 0. The lowest BCUT2D eigenvalue weighted by molar-refractivity contribution is -0.140. The highest BCUT2D eigenvalue weighted by Crippen LogP contribution is 2.06. The molecule has 78 valence electrons. The second-order valence-corrected chi connectivity index (χ2v) is 4.00. The van der Waals surface area contributed by atoms with Crippen LogP contribution in [0, 0.1) is 5.92 Å². The Hall–Kier alpha value is -0.570. The Bertz CT molecular complexity index is 157. The van der Waals surface area contributed by atoms with E-state index in [1.807, 2.05) is 27.7 Å². The molecular weight excluding hydrogens is 166 g/mol. The van der Waals surface area contributed by atoms with Crippen LogP contribution in [0.15, 0.2) is 0 Å². The minimum Gasteiger partial charge on any atom is -0.480 e. The molecule has 3 nitrogen and oxygen atoms in total. The predicted molar refractivity (Wildman–Crippen MR) is 53.8 cm³/mol. The highest BCUT2D eigenvalue weighted by atomic mass is 16.4. The first-order chi connectivity index (χ1) is 5.97. The van der Waals surface area contributed by atoms with Crippen molar-refractivity contribution in [3.8, 4) is 0 Å². The van der Waals surface area contributed by atoms with Crippen LogP contribution in [-0.2, 0) is 4.79 Å². The van der Waals surface area contributed by atoms with Gasteiger partial charge in [0.05, 0.1) is 0 Å². The van der Waals surface area contributed by atoms with Gasteiger partial charge in [0.1, 0.15) is 6.04 Å². The first-order valence-corrected chi connectivity index (χ1v) is 4.96. The van der Waals surface area contributed by atoms with Crippen LogP contribution in [0.1, 0.15) is 40.5 Å². The fourth-order valence-electron chi connectivity index (χ4n) is 1.17. The summed E-state index contributed by atoms with van der Waals surface area (Å²) in [6, 6.07) is -0.116. The summed E-state index contributed by atoms with van der Waals surface area (Å²) in [6.07, 6.45) is 1.65. The van der Waals surface area contributed by atoms with Crippen LogP contribution in [0.3, 0.4) is 0 Å². The lowest BCUT2D eigenvalue weighted by atomic mass is 10.0. The van der Waals surface area contributed by atoms with Gasteiger partial charge in [0.15, 0.2) is 0 Å². The van der Waals surface area contributed by atoms with Crippen LogP contribution < -0.4 is 5.32 Å². The summed E-state index contributed by atoms with van der Waals surface area (Å²) in [4.78, 5) is 10.8. The Morgan fingerprint density at radius 3 is 2.23 bits per heavy atom. The van der Waals surface area contributed by atoms with Crippen molar-refractivity contribution in [2.45, 2.75) is 52.6 Å². The summed E-state index contributed by atoms with van der Waals surface area (Å²) >= 11 is 0. The minimum atomic E-state index is -0.742. The van der Waals surface area contributed by atoms with E-state index in [4.69, 9.17) is 5.11 Å². The molecule has 0 amide bonds. The average molecular weight is 187 g/mol. The van der Waals surface area contributed by atoms with Crippen LogP contribution in [0.5, 0.6) is 0 Å². The molecule has 0 aromatic carbocycles. The van der Waals surface area contributed by atoms with Crippen molar-refractivity contribution < 1.29 is 9.90 Å². The lowest BCUT2D eigenvalue weighted by Gasteiger charge is -2.20. The number of carboxylic acid groups (broad SMARTS) is 1. The molecule has 13 heavy (non-hydrogen) atoms. The molecule has 0 fully saturated rings. The zero-order valence-corrected chi connectivity index (χ0v) is 9.00. The largest absolute Gasteiger partial charge is 0.480 e. The molecule has 2 atom stereocenters. The van der Waals surface area contributed by atoms with Crippen molar-refractivity contribution in [3.05, 3.63) is 0 Å². The van der Waals surface area contributed by atoms with Gasteiger partial charge in [-0.2, -0.15) is 0 Å². The molecular formula is C10H21NO2. The van der Waals surface area contributed by atoms with Gasteiger partial charge in [-0.1, -0.05) is 20.8 Å². The average Bonchev–Trinajstić information content (AvgIpc) is 2.02. The maximum Gasteiger partial charge on any atom is 0.320 e. The molecule has 0 heterocycles. The molecule has 0 rings (SSSR count). The molecule has 0 aliphatic carbocycles. The topological polar surface area (TPSA) is 49.3 Å². The van der Waals surface area contributed by atoms with Crippen LogP contribution in [0.25, 0.3) is 0 Å². The van der Waals surface area contributed by atoms with Crippen LogP contribution in [0.4, 0.5) is 0 Å². The van der Waals surface area contributed by atoms with Gasteiger partial charge in [-0.15, -0.1) is 0 Å². The summed E-state index contributed by atoms with van der Waals surface area (Å²) in [7, 11) is 0. The number of hydrogen-bond acceptors (Lipinski definition) is 2. The third-order valence-electron chi connectivity index (χ3n) is 2.10. The van der Waals surface area contributed by atoms with E-state index in [2.05, 4.69) is 5.32 Å². The van der Waals surface area contributed by atoms with Crippen molar-refractivity contribution in [1.82, 2.24) is 5.32 Å². The quantitative estimate of drug-likeness (QED) is 0.667. The molecule has 0 bridgehead atoms. The molecule has 0 aromatic heterocycles. The summed E-state index contributed by atoms with van der Waals surface area (Å²) in [5.74, 6) is -0.327. The van der Waals surface area contributed by atoms with E-state index in [9.17, 15) is 4.79 Å². The van der Waals surface area contributed by atoms with E-state index in [1.165, 1.54) is 0 Å². The third-order valence-corrected chi connectivity index (χ3v) is 2.10. The van der Waals surface area contributed by atoms with Crippen molar-refractivity contribution in [1.29, 1.82) is 0 Å². The van der Waals surface area contributed by atoms with Crippen molar-refractivity contribution >= 4 is 5.97 Å². The number of aliphatic carboxylic acids is 1. The summed E-state index contributed by atoms with van der Waals surface area (Å²) < 4.78 is 0. The molecule has 0 aromatic rings. The van der Waals surface area contributed by atoms with E-state index in [1.54, 1.807) is 0 Å². The van der Waals surface area contributed by atoms with Crippen LogP contribution in [-0.4, -0.2) is 23.2 Å². The Morgan fingerprint density at radius 1 is 1.38 bits per heavy atom. The monoisotopic (exact) mass is 187 g/mol. The third kappa shape index (κ3) is 5.64. The van der Waals surface area contributed by atoms with E-state index in [0.717, 1.165) is 6.42 Å². The highest BCUT2D eigenvalue weighted by Gasteiger charge is 2.19. The number of nitrogens with one attached hydrogen (secondary N) is 1. The molecule has 0 saturated heterocycles. The Labute approximate surface area is 80.5 Å². The Balaban J connectivity index is 4.02. The Kier molecular flexibility index (Phi) is 5.71. The van der Waals surface area contributed by atoms with Gasteiger partial charge in [0.25, 0.3) is 0 Å². The number of rotatable bonds is 6. The fourth-order valence-corrected chi connectivity index (χ4v) is 1.17. The number of carboxylic acids is 1. The normalized spacial score (nSPS) is 15.8. The molecule has 0 aliphatic rings. The molecule has 2 unspecified atom stereocenters. The van der Waals surface area contributed by atoms with Crippen molar-refractivity contribution in [2.24, 2.45) is 5.92 Å². The van der Waals surface area contributed by atoms with Gasteiger partial charge in [0, 0.05) is 6.04 Å². The first-order valence-electron chi connectivity index (χ1n) is 4.96. The second kappa shape index (κ2) is 5.97. The zero-order valence-electron chi connectivity index (χ0n) is 9.00. The molecule has 0 aliphatic heterocycles. The maximum absolute atomic E-state index is 10.8. The smallest absolute Gasteiger partial charge is 0.320 e. The van der Waals surface area contributed by atoms with E-state index in [0.29, 0.717) is 12.3 Å². The molecule has 0 saturated carbocycles. The van der Waals surface area contributed by atoms with E-state index < -0.39 is 12.0 Å². The van der Waals surface area contributed by atoms with Gasteiger partial charge < -0.3 is 10.4 Å². The van der Waals surface area contributed by atoms with Gasteiger partial charge in [-0.3, -0.25) is 4.79 Å². The second-order valence-electron chi connectivity index (χ2n) is 4.00. The lowest BCUT2D eigenvalue weighted by Crippen LogP contribution is -2.42. The van der Waals surface area contributed by atoms with Crippen molar-refractivity contribution in [2.75, 3.05) is 0 Å². The van der Waals surface area contributed by atoms with Crippen LogP contribution in [0.2, 0.25) is 0 Å². The number of hydrogen-bond donors (Lipinski definition) is 2. The summed E-state index contributed by atoms with van der Waals surface area (Å²) in [6.45, 7) is 8.13. The van der Waals surface area contributed by atoms with E-state index in [-0.39, 0.29) is 6.04 Å². The van der Waals surface area contributed by atoms with Crippen LogP contribution >= 0.6 is 0 Å². The predicted octanol–water partition coefficient (Wildman–Crippen LogP) is 1.87. The number of carbonyl (C=O) groups is 1. The fraction of sp³-hybridized carbons (Fsp3) is 0.900. The molecule has 0 spiro atoms. The first kappa shape index (κ1) is 12.4. The van der Waals surface area contributed by atoms with Gasteiger partial charge in [0.2, 0.25) is 0 Å². The maximum atomic E-state index is 10.8. The van der Waals surface area contributed by atoms with E-state index >= 15 is 0 Å². The standard InChI is InChI=1S/C10H21NO2/c1-5-8(4)11-9(10(12)13)6-7(2)3/h7-9,11H,5-6H2,1-4H3,(H,12,13). The van der Waals surface area contributed by atoms with Gasteiger partial charge in [-0.05, 0) is 25.7 Å². The highest BCUT2D eigenvalue weighted by molar-refractivity contribution is 5.73. The molecule has 3 heteroatoms. The van der Waals surface area contributed by atoms with Gasteiger partial charge in [-0.25, -0.2) is 0 Å². The minimum absolute atomic E-state index is 0.278. The van der Waals surface area contributed by atoms with Crippen molar-refractivity contribution in [3.63, 3.8) is 0 Å². The van der Waals surface area contributed by atoms with Gasteiger partial charge >= 0.3 is 5.97 Å². The Morgan fingerprint density at radius 2 is 1.92 bits per heavy atom.